The number of hydrogen-bond donors (Lipinski definition) is 0. The van der Waals surface area contributed by atoms with E-state index in [4.69, 9.17) is 11.6 Å². The standard InChI is InChI=1S/C13H15ClN2S/c1-2-16(10-12-4-3-7-17-12)13-6-5-11(8-14)9-15-13/h3-7,9H,2,8,10H2,1H3. The van der Waals surface area contributed by atoms with Crippen molar-refractivity contribution in [2.75, 3.05) is 11.4 Å². The average Bonchev–Trinajstić information content (AvgIpc) is 2.89. The van der Waals surface area contributed by atoms with Gasteiger partial charge in [-0.1, -0.05) is 12.1 Å². The van der Waals surface area contributed by atoms with Gasteiger partial charge in [0, 0.05) is 23.5 Å². The van der Waals surface area contributed by atoms with E-state index in [-0.39, 0.29) is 0 Å². The van der Waals surface area contributed by atoms with E-state index < -0.39 is 0 Å². The van der Waals surface area contributed by atoms with Crippen LogP contribution in [0.25, 0.3) is 0 Å². The van der Waals surface area contributed by atoms with Crippen molar-refractivity contribution >= 4 is 28.8 Å². The van der Waals surface area contributed by atoms with Crippen molar-refractivity contribution in [1.82, 2.24) is 4.98 Å². The topological polar surface area (TPSA) is 16.1 Å². The van der Waals surface area contributed by atoms with E-state index in [1.807, 2.05) is 18.3 Å². The minimum Gasteiger partial charge on any atom is -0.352 e. The third-order valence-corrected chi connectivity index (χ3v) is 3.77. The molecular formula is C13H15ClN2S. The first kappa shape index (κ1) is 12.4. The first-order valence-electron chi connectivity index (χ1n) is 5.61. The van der Waals surface area contributed by atoms with Gasteiger partial charge in [0.05, 0.1) is 6.54 Å². The van der Waals surface area contributed by atoms with Crippen molar-refractivity contribution < 1.29 is 0 Å². The Labute approximate surface area is 111 Å². The summed E-state index contributed by atoms with van der Waals surface area (Å²) < 4.78 is 0. The van der Waals surface area contributed by atoms with Crippen LogP contribution in [0.5, 0.6) is 0 Å². The molecule has 0 aliphatic heterocycles. The summed E-state index contributed by atoms with van der Waals surface area (Å²) in [6.45, 7) is 4.01. The first-order valence-corrected chi connectivity index (χ1v) is 7.03. The lowest BCUT2D eigenvalue weighted by Crippen LogP contribution is -2.22. The molecule has 0 aliphatic rings. The highest BCUT2D eigenvalue weighted by Gasteiger charge is 2.07. The van der Waals surface area contributed by atoms with Crippen LogP contribution in [-0.4, -0.2) is 11.5 Å². The van der Waals surface area contributed by atoms with Crippen LogP contribution < -0.4 is 4.90 Å². The van der Waals surface area contributed by atoms with Crippen molar-refractivity contribution in [3.8, 4) is 0 Å². The number of anilines is 1. The van der Waals surface area contributed by atoms with Gasteiger partial charge in [-0.15, -0.1) is 22.9 Å². The maximum absolute atomic E-state index is 5.76. The smallest absolute Gasteiger partial charge is 0.128 e. The maximum atomic E-state index is 5.76. The Morgan fingerprint density at radius 2 is 2.24 bits per heavy atom. The van der Waals surface area contributed by atoms with Crippen molar-refractivity contribution in [2.45, 2.75) is 19.3 Å². The molecular weight excluding hydrogens is 252 g/mol. The predicted molar refractivity (Wildman–Crippen MR) is 74.8 cm³/mol. The van der Waals surface area contributed by atoms with E-state index in [2.05, 4.69) is 34.3 Å². The first-order chi connectivity index (χ1) is 8.33. The number of thiophene rings is 1. The van der Waals surface area contributed by atoms with E-state index in [1.54, 1.807) is 11.3 Å². The van der Waals surface area contributed by atoms with Gasteiger partial charge in [-0.3, -0.25) is 0 Å². The Morgan fingerprint density at radius 1 is 1.35 bits per heavy atom. The summed E-state index contributed by atoms with van der Waals surface area (Å²) in [5.74, 6) is 1.53. The molecule has 0 saturated heterocycles. The zero-order chi connectivity index (χ0) is 12.1. The second kappa shape index (κ2) is 6.03. The van der Waals surface area contributed by atoms with Gasteiger partial charge in [0.2, 0.25) is 0 Å². The molecule has 0 atom stereocenters. The highest BCUT2D eigenvalue weighted by Crippen LogP contribution is 2.18. The summed E-state index contributed by atoms with van der Waals surface area (Å²) in [7, 11) is 0. The SMILES string of the molecule is CCN(Cc1cccs1)c1ccc(CCl)cn1. The summed E-state index contributed by atoms with van der Waals surface area (Å²) in [5, 5.41) is 2.10. The highest BCUT2D eigenvalue weighted by atomic mass is 35.5. The second-order valence-corrected chi connectivity index (χ2v) is 5.05. The molecule has 2 aromatic rings. The Kier molecular flexibility index (Phi) is 4.40. The lowest BCUT2D eigenvalue weighted by atomic mass is 10.3. The van der Waals surface area contributed by atoms with Gasteiger partial charge in [0.15, 0.2) is 0 Å². The Bertz CT molecular complexity index is 439. The summed E-state index contributed by atoms with van der Waals surface area (Å²) in [5.41, 5.74) is 1.06. The summed E-state index contributed by atoms with van der Waals surface area (Å²) in [6.07, 6.45) is 1.85. The fourth-order valence-electron chi connectivity index (χ4n) is 1.63. The third-order valence-electron chi connectivity index (χ3n) is 2.60. The monoisotopic (exact) mass is 266 g/mol. The van der Waals surface area contributed by atoms with Crippen molar-refractivity contribution in [1.29, 1.82) is 0 Å². The number of nitrogens with zero attached hydrogens (tertiary/aromatic N) is 2. The van der Waals surface area contributed by atoms with Gasteiger partial charge >= 0.3 is 0 Å². The number of aromatic nitrogens is 1. The summed E-state index contributed by atoms with van der Waals surface area (Å²) in [4.78, 5) is 8.06. The van der Waals surface area contributed by atoms with Crippen LogP contribution in [0.2, 0.25) is 0 Å². The molecule has 2 nitrogen and oxygen atoms in total. The number of pyridine rings is 1. The van der Waals surface area contributed by atoms with Gasteiger partial charge in [-0.25, -0.2) is 4.98 Å². The predicted octanol–water partition coefficient (Wildman–Crippen LogP) is 3.91. The zero-order valence-corrected chi connectivity index (χ0v) is 11.3. The van der Waals surface area contributed by atoms with Gasteiger partial charge < -0.3 is 4.90 Å². The molecule has 90 valence electrons. The second-order valence-electron chi connectivity index (χ2n) is 3.75. The normalized spacial score (nSPS) is 10.5. The summed E-state index contributed by atoms with van der Waals surface area (Å²) in [6, 6.07) is 8.31. The lowest BCUT2D eigenvalue weighted by molar-refractivity contribution is 0.822. The Balaban J connectivity index is 2.11. The van der Waals surface area contributed by atoms with Crippen molar-refractivity contribution in [2.24, 2.45) is 0 Å². The van der Waals surface area contributed by atoms with Gasteiger partial charge in [-0.2, -0.15) is 0 Å². The number of rotatable bonds is 5. The van der Waals surface area contributed by atoms with Crippen LogP contribution in [0.1, 0.15) is 17.4 Å². The molecule has 17 heavy (non-hydrogen) atoms. The molecule has 0 aliphatic carbocycles. The van der Waals surface area contributed by atoms with E-state index in [9.17, 15) is 0 Å². The molecule has 2 rings (SSSR count). The number of alkyl halides is 1. The minimum absolute atomic E-state index is 0.518. The molecule has 0 aromatic carbocycles. The Morgan fingerprint density at radius 3 is 2.76 bits per heavy atom. The van der Waals surface area contributed by atoms with Crippen LogP contribution in [0.15, 0.2) is 35.8 Å². The van der Waals surface area contributed by atoms with Gasteiger partial charge in [0.1, 0.15) is 5.82 Å². The lowest BCUT2D eigenvalue weighted by Gasteiger charge is -2.21. The average molecular weight is 267 g/mol. The van der Waals surface area contributed by atoms with E-state index in [1.165, 1.54) is 4.88 Å². The molecule has 0 radical (unpaired) electrons. The molecule has 0 saturated carbocycles. The molecule has 0 N–H and O–H groups in total. The van der Waals surface area contributed by atoms with Crippen LogP contribution in [0.4, 0.5) is 5.82 Å². The molecule has 2 aromatic heterocycles. The number of halogens is 1. The van der Waals surface area contributed by atoms with Crippen LogP contribution in [-0.2, 0) is 12.4 Å². The Hall–Kier alpha value is -1.06. The van der Waals surface area contributed by atoms with Gasteiger partial charge in [0.25, 0.3) is 0 Å². The largest absolute Gasteiger partial charge is 0.352 e. The summed E-state index contributed by atoms with van der Waals surface area (Å²) >= 11 is 7.53. The molecule has 0 fully saturated rings. The molecule has 4 heteroatoms. The molecule has 0 spiro atoms. The zero-order valence-electron chi connectivity index (χ0n) is 9.77. The van der Waals surface area contributed by atoms with Crippen molar-refractivity contribution in [3.63, 3.8) is 0 Å². The molecule has 0 amide bonds. The van der Waals surface area contributed by atoms with E-state index in [0.717, 1.165) is 24.5 Å². The molecule has 0 bridgehead atoms. The van der Waals surface area contributed by atoms with Crippen molar-refractivity contribution in [3.05, 3.63) is 46.3 Å². The molecule has 2 heterocycles. The fraction of sp³-hybridized carbons (Fsp3) is 0.308. The number of hydrogen-bond acceptors (Lipinski definition) is 3. The van der Waals surface area contributed by atoms with Crippen LogP contribution in [0.3, 0.4) is 0 Å². The van der Waals surface area contributed by atoms with E-state index >= 15 is 0 Å². The maximum Gasteiger partial charge on any atom is 0.128 e. The highest BCUT2D eigenvalue weighted by molar-refractivity contribution is 7.09. The quantitative estimate of drug-likeness (QED) is 0.763. The van der Waals surface area contributed by atoms with Crippen LogP contribution >= 0.6 is 22.9 Å². The minimum atomic E-state index is 0.518. The van der Waals surface area contributed by atoms with E-state index in [0.29, 0.717) is 5.88 Å². The van der Waals surface area contributed by atoms with Gasteiger partial charge in [-0.05, 0) is 30.0 Å². The third kappa shape index (κ3) is 3.20. The van der Waals surface area contributed by atoms with Crippen LogP contribution in [0, 0.1) is 0 Å². The molecule has 0 unspecified atom stereocenters. The fourth-order valence-corrected chi connectivity index (χ4v) is 2.51.